The third-order valence-corrected chi connectivity index (χ3v) is 2.89. The molecule has 0 aliphatic rings. The molecule has 0 spiro atoms. The summed E-state index contributed by atoms with van der Waals surface area (Å²) in [5.41, 5.74) is 1.08. The van der Waals surface area contributed by atoms with Crippen LogP contribution in [0.15, 0.2) is 22.9 Å². The number of likely N-dealkylation sites (N-methyl/N-ethyl adjacent to an activating group) is 1. The highest BCUT2D eigenvalue weighted by molar-refractivity contribution is 9.10. The molecule has 0 aliphatic carbocycles. The molecule has 0 radical (unpaired) electrons. The van der Waals surface area contributed by atoms with E-state index in [9.17, 15) is 0 Å². The van der Waals surface area contributed by atoms with Gasteiger partial charge in [0, 0.05) is 39.1 Å². The van der Waals surface area contributed by atoms with Crippen molar-refractivity contribution in [3.05, 3.63) is 22.9 Å². The van der Waals surface area contributed by atoms with Crippen LogP contribution in [-0.4, -0.2) is 50.3 Å². The van der Waals surface area contributed by atoms with Gasteiger partial charge < -0.3 is 15.0 Å². The number of aromatic nitrogens is 1. The average molecular weight is 288 g/mol. The minimum absolute atomic E-state index is 0.773. The molecule has 0 amide bonds. The smallest absolute Gasteiger partial charge is 0.0590 e. The van der Waals surface area contributed by atoms with Gasteiger partial charge in [0.25, 0.3) is 0 Å². The third-order valence-electron chi connectivity index (χ3n) is 2.26. The van der Waals surface area contributed by atoms with Crippen molar-refractivity contribution >= 4 is 21.6 Å². The highest BCUT2D eigenvalue weighted by Gasteiger charge is 2.00. The van der Waals surface area contributed by atoms with Crippen LogP contribution in [0.1, 0.15) is 0 Å². The summed E-state index contributed by atoms with van der Waals surface area (Å²) in [6.45, 7) is 3.62. The summed E-state index contributed by atoms with van der Waals surface area (Å²) in [6.07, 6.45) is 3.57. The van der Waals surface area contributed by atoms with Crippen LogP contribution in [0.4, 0.5) is 5.69 Å². The fourth-order valence-electron chi connectivity index (χ4n) is 1.26. The lowest BCUT2D eigenvalue weighted by Gasteiger charge is -2.16. The number of rotatable bonds is 7. The van der Waals surface area contributed by atoms with Crippen LogP contribution in [0.3, 0.4) is 0 Å². The molecule has 16 heavy (non-hydrogen) atoms. The van der Waals surface area contributed by atoms with Crippen LogP contribution in [0.25, 0.3) is 0 Å². The van der Waals surface area contributed by atoms with Crippen molar-refractivity contribution in [2.75, 3.05) is 45.7 Å². The quantitative estimate of drug-likeness (QED) is 0.830. The zero-order chi connectivity index (χ0) is 11.8. The van der Waals surface area contributed by atoms with Crippen molar-refractivity contribution < 1.29 is 4.74 Å². The highest BCUT2D eigenvalue weighted by atomic mass is 79.9. The van der Waals surface area contributed by atoms with Gasteiger partial charge in [0.15, 0.2) is 0 Å². The number of anilines is 1. The zero-order valence-electron chi connectivity index (χ0n) is 9.74. The molecule has 0 fully saturated rings. The first-order valence-electron chi connectivity index (χ1n) is 5.25. The van der Waals surface area contributed by atoms with E-state index >= 15 is 0 Å². The molecule has 4 nitrogen and oxygen atoms in total. The lowest BCUT2D eigenvalue weighted by molar-refractivity contribution is 0.163. The summed E-state index contributed by atoms with van der Waals surface area (Å²) in [4.78, 5) is 6.24. The maximum absolute atomic E-state index is 5.02. The minimum Gasteiger partial charge on any atom is -0.383 e. The number of hydrogen-bond acceptors (Lipinski definition) is 4. The third kappa shape index (κ3) is 4.92. The molecule has 1 N–H and O–H groups in total. The van der Waals surface area contributed by atoms with Gasteiger partial charge in [-0.1, -0.05) is 0 Å². The molecule has 5 heteroatoms. The van der Waals surface area contributed by atoms with Gasteiger partial charge in [-0.3, -0.25) is 4.98 Å². The van der Waals surface area contributed by atoms with Gasteiger partial charge >= 0.3 is 0 Å². The van der Waals surface area contributed by atoms with E-state index in [2.05, 4.69) is 38.2 Å². The zero-order valence-corrected chi connectivity index (χ0v) is 11.3. The first-order chi connectivity index (χ1) is 7.74. The first kappa shape index (κ1) is 13.4. The summed E-state index contributed by atoms with van der Waals surface area (Å²) in [7, 11) is 3.81. The molecule has 0 aliphatic heterocycles. The predicted molar refractivity (Wildman–Crippen MR) is 69.8 cm³/mol. The Morgan fingerprint density at radius 3 is 3.00 bits per heavy atom. The van der Waals surface area contributed by atoms with Gasteiger partial charge in [-0.15, -0.1) is 0 Å². The number of halogens is 1. The van der Waals surface area contributed by atoms with E-state index < -0.39 is 0 Å². The molecule has 0 saturated heterocycles. The van der Waals surface area contributed by atoms with Gasteiger partial charge in [0.2, 0.25) is 0 Å². The van der Waals surface area contributed by atoms with Gasteiger partial charge in [-0.05, 0) is 29.0 Å². The molecule has 1 heterocycles. The van der Waals surface area contributed by atoms with Gasteiger partial charge in [0.05, 0.1) is 16.8 Å². The maximum atomic E-state index is 5.02. The van der Waals surface area contributed by atoms with Crippen LogP contribution in [-0.2, 0) is 4.74 Å². The van der Waals surface area contributed by atoms with E-state index in [4.69, 9.17) is 4.74 Å². The number of hydrogen-bond donors (Lipinski definition) is 1. The normalized spacial score (nSPS) is 10.8. The number of methoxy groups -OCH3 is 1. The fourth-order valence-corrected chi connectivity index (χ4v) is 1.65. The van der Waals surface area contributed by atoms with Crippen LogP contribution in [0, 0.1) is 0 Å². The summed E-state index contributed by atoms with van der Waals surface area (Å²) in [5, 5.41) is 3.35. The molecule has 0 bridgehead atoms. The number of ether oxygens (including phenoxy) is 1. The second kappa shape index (κ2) is 7.60. The predicted octanol–water partition coefficient (Wildman–Crippen LogP) is 1.83. The Hall–Kier alpha value is -0.650. The van der Waals surface area contributed by atoms with Crippen LogP contribution < -0.4 is 5.32 Å². The number of nitrogens with one attached hydrogen (secondary N) is 1. The van der Waals surface area contributed by atoms with E-state index in [0.29, 0.717) is 0 Å². The number of nitrogens with zero attached hydrogens (tertiary/aromatic N) is 2. The Morgan fingerprint density at radius 2 is 2.31 bits per heavy atom. The largest absolute Gasteiger partial charge is 0.383 e. The topological polar surface area (TPSA) is 37.4 Å². The van der Waals surface area contributed by atoms with Crippen LogP contribution >= 0.6 is 15.9 Å². The standard InChI is InChI=1S/C11H18BrN3O/c1-15(7-8-16-2)6-5-14-11-3-4-13-9-10(11)12/h3-4,9H,5-8H2,1-2H3,(H,13,14). The van der Waals surface area contributed by atoms with Crippen LogP contribution in [0.2, 0.25) is 0 Å². The van der Waals surface area contributed by atoms with Crippen molar-refractivity contribution in [2.24, 2.45) is 0 Å². The maximum Gasteiger partial charge on any atom is 0.0590 e. The Bertz CT molecular complexity index is 309. The average Bonchev–Trinajstić information content (AvgIpc) is 2.29. The van der Waals surface area contributed by atoms with Crippen molar-refractivity contribution in [3.8, 4) is 0 Å². The van der Waals surface area contributed by atoms with E-state index in [1.54, 1.807) is 19.5 Å². The van der Waals surface area contributed by atoms with E-state index in [1.807, 2.05) is 6.07 Å². The summed E-state index contributed by atoms with van der Waals surface area (Å²) >= 11 is 3.45. The van der Waals surface area contributed by atoms with Crippen LogP contribution in [0.5, 0.6) is 0 Å². The Morgan fingerprint density at radius 1 is 1.50 bits per heavy atom. The molecule has 90 valence electrons. The van der Waals surface area contributed by atoms with Crippen molar-refractivity contribution in [1.82, 2.24) is 9.88 Å². The van der Waals surface area contributed by atoms with Gasteiger partial charge in [-0.25, -0.2) is 0 Å². The monoisotopic (exact) mass is 287 g/mol. The first-order valence-corrected chi connectivity index (χ1v) is 6.04. The summed E-state index contributed by atoms with van der Waals surface area (Å²) in [5.74, 6) is 0. The molecule has 1 aromatic rings. The van der Waals surface area contributed by atoms with Gasteiger partial charge in [0.1, 0.15) is 0 Å². The van der Waals surface area contributed by atoms with Crippen molar-refractivity contribution in [2.45, 2.75) is 0 Å². The van der Waals surface area contributed by atoms with Gasteiger partial charge in [-0.2, -0.15) is 0 Å². The Kier molecular flexibility index (Phi) is 6.37. The number of pyridine rings is 1. The van der Waals surface area contributed by atoms with E-state index in [0.717, 1.165) is 36.4 Å². The second-order valence-corrected chi connectivity index (χ2v) is 4.43. The summed E-state index contributed by atoms with van der Waals surface area (Å²) < 4.78 is 6.01. The molecular formula is C11H18BrN3O. The molecular weight excluding hydrogens is 270 g/mol. The lowest BCUT2D eigenvalue weighted by atomic mass is 10.4. The molecule has 0 saturated carbocycles. The molecule has 0 atom stereocenters. The molecule has 0 unspecified atom stereocenters. The lowest BCUT2D eigenvalue weighted by Crippen LogP contribution is -2.28. The van der Waals surface area contributed by atoms with Crippen molar-refractivity contribution in [3.63, 3.8) is 0 Å². The molecule has 1 rings (SSSR count). The minimum atomic E-state index is 0.773. The second-order valence-electron chi connectivity index (χ2n) is 3.58. The van der Waals surface area contributed by atoms with E-state index in [1.165, 1.54) is 0 Å². The van der Waals surface area contributed by atoms with E-state index in [-0.39, 0.29) is 0 Å². The fraction of sp³-hybridized carbons (Fsp3) is 0.545. The molecule has 0 aromatic carbocycles. The summed E-state index contributed by atoms with van der Waals surface area (Å²) in [6, 6.07) is 1.96. The Balaban J connectivity index is 2.23. The molecule has 1 aromatic heterocycles. The SMILES string of the molecule is COCCN(C)CCNc1ccncc1Br. The highest BCUT2D eigenvalue weighted by Crippen LogP contribution is 2.19. The van der Waals surface area contributed by atoms with Crippen molar-refractivity contribution in [1.29, 1.82) is 0 Å². The Labute approximate surface area is 105 Å².